The average molecular weight is 315 g/mol. The number of nitrogens with zero attached hydrogens (tertiary/aromatic N) is 4. The summed E-state index contributed by atoms with van der Waals surface area (Å²) in [5.41, 5.74) is 4.12. The zero-order chi connectivity index (χ0) is 16.4. The molecule has 0 aliphatic carbocycles. The van der Waals surface area contributed by atoms with Crippen LogP contribution < -0.4 is 5.32 Å². The first-order valence-corrected chi connectivity index (χ1v) is 7.82. The van der Waals surface area contributed by atoms with Crippen molar-refractivity contribution in [3.05, 3.63) is 78.5 Å². The maximum atomic E-state index is 4.72. The highest BCUT2D eigenvalue weighted by molar-refractivity contribution is 5.79. The van der Waals surface area contributed by atoms with Crippen molar-refractivity contribution in [1.29, 1.82) is 0 Å². The number of imidazole rings is 1. The van der Waals surface area contributed by atoms with Gasteiger partial charge >= 0.3 is 0 Å². The van der Waals surface area contributed by atoms with Crippen LogP contribution in [-0.2, 0) is 13.5 Å². The van der Waals surface area contributed by atoms with Gasteiger partial charge in [0.2, 0.25) is 0 Å². The Hall–Kier alpha value is -3.21. The standard InChI is InChI=1S/C19H17N5/c1-24-17-11-18(22-15-8-5-9-20-12-15)21-13-16(17)23-19(24)10-14-6-3-2-4-7-14/h2-9,11-13H,10H2,1H3,(H,21,22). The van der Waals surface area contributed by atoms with E-state index in [1.165, 1.54) is 5.56 Å². The Morgan fingerprint density at radius 1 is 1.04 bits per heavy atom. The molecule has 0 spiro atoms. The van der Waals surface area contributed by atoms with Crippen LogP contribution in [0, 0.1) is 0 Å². The normalized spacial score (nSPS) is 10.9. The molecule has 0 amide bonds. The van der Waals surface area contributed by atoms with Gasteiger partial charge in [-0.05, 0) is 17.7 Å². The van der Waals surface area contributed by atoms with Crippen molar-refractivity contribution in [2.75, 3.05) is 5.32 Å². The number of pyridine rings is 2. The van der Waals surface area contributed by atoms with E-state index in [0.717, 1.165) is 34.8 Å². The zero-order valence-corrected chi connectivity index (χ0v) is 13.3. The highest BCUT2D eigenvalue weighted by Gasteiger charge is 2.10. The third-order valence-electron chi connectivity index (χ3n) is 4.00. The minimum Gasteiger partial charge on any atom is -0.339 e. The lowest BCUT2D eigenvalue weighted by molar-refractivity contribution is 0.845. The number of aromatic nitrogens is 4. The second kappa shape index (κ2) is 6.12. The molecule has 4 rings (SSSR count). The molecule has 0 saturated heterocycles. The van der Waals surface area contributed by atoms with Gasteiger partial charge in [0.15, 0.2) is 0 Å². The van der Waals surface area contributed by atoms with Crippen LogP contribution in [0.4, 0.5) is 11.5 Å². The third kappa shape index (κ3) is 2.84. The number of fused-ring (bicyclic) bond motifs is 1. The maximum absolute atomic E-state index is 4.72. The van der Waals surface area contributed by atoms with Crippen LogP contribution in [0.15, 0.2) is 67.1 Å². The maximum Gasteiger partial charge on any atom is 0.132 e. The monoisotopic (exact) mass is 315 g/mol. The summed E-state index contributed by atoms with van der Waals surface area (Å²) in [5.74, 6) is 1.81. The summed E-state index contributed by atoms with van der Waals surface area (Å²) in [6.45, 7) is 0. The molecule has 0 bridgehead atoms. The largest absolute Gasteiger partial charge is 0.339 e. The number of rotatable bonds is 4. The molecule has 0 saturated carbocycles. The van der Waals surface area contributed by atoms with Crippen molar-refractivity contribution in [3.63, 3.8) is 0 Å². The second-order valence-corrected chi connectivity index (χ2v) is 5.67. The first-order valence-electron chi connectivity index (χ1n) is 7.82. The summed E-state index contributed by atoms with van der Waals surface area (Å²) in [6.07, 6.45) is 6.13. The van der Waals surface area contributed by atoms with E-state index >= 15 is 0 Å². The van der Waals surface area contributed by atoms with Crippen molar-refractivity contribution in [2.45, 2.75) is 6.42 Å². The van der Waals surface area contributed by atoms with Gasteiger partial charge in [-0.3, -0.25) is 4.98 Å². The van der Waals surface area contributed by atoms with Gasteiger partial charge in [-0.1, -0.05) is 30.3 Å². The van der Waals surface area contributed by atoms with Crippen molar-refractivity contribution < 1.29 is 0 Å². The van der Waals surface area contributed by atoms with Gasteiger partial charge in [-0.2, -0.15) is 0 Å². The highest BCUT2D eigenvalue weighted by atomic mass is 15.1. The molecule has 0 aliphatic rings. The Balaban J connectivity index is 1.66. The molecule has 24 heavy (non-hydrogen) atoms. The summed E-state index contributed by atoms with van der Waals surface area (Å²) in [4.78, 5) is 13.3. The summed E-state index contributed by atoms with van der Waals surface area (Å²) >= 11 is 0. The highest BCUT2D eigenvalue weighted by Crippen LogP contribution is 2.21. The molecule has 5 nitrogen and oxygen atoms in total. The summed E-state index contributed by atoms with van der Waals surface area (Å²) < 4.78 is 2.12. The Kier molecular flexibility index (Phi) is 3.67. The topological polar surface area (TPSA) is 55.6 Å². The fraction of sp³-hybridized carbons (Fsp3) is 0.105. The lowest BCUT2D eigenvalue weighted by Crippen LogP contribution is -1.99. The van der Waals surface area contributed by atoms with Crippen LogP contribution in [0.1, 0.15) is 11.4 Å². The minimum atomic E-state index is 0.782. The number of hydrogen-bond donors (Lipinski definition) is 1. The molecule has 1 N–H and O–H groups in total. The Morgan fingerprint density at radius 3 is 2.71 bits per heavy atom. The predicted molar refractivity (Wildman–Crippen MR) is 95.3 cm³/mol. The lowest BCUT2D eigenvalue weighted by atomic mass is 10.1. The van der Waals surface area contributed by atoms with E-state index in [-0.39, 0.29) is 0 Å². The molecule has 0 aliphatic heterocycles. The molecule has 0 atom stereocenters. The van der Waals surface area contributed by atoms with Gasteiger partial charge in [0.1, 0.15) is 17.2 Å². The Labute approximate surface area is 140 Å². The minimum absolute atomic E-state index is 0.782. The van der Waals surface area contributed by atoms with Crippen molar-refractivity contribution in [1.82, 2.24) is 19.5 Å². The SMILES string of the molecule is Cn1c(Cc2ccccc2)nc2cnc(Nc3cccnc3)cc21. The Morgan fingerprint density at radius 2 is 1.92 bits per heavy atom. The summed E-state index contributed by atoms with van der Waals surface area (Å²) in [5, 5.41) is 3.27. The fourth-order valence-electron chi connectivity index (χ4n) is 2.73. The van der Waals surface area contributed by atoms with Crippen LogP contribution in [0.3, 0.4) is 0 Å². The average Bonchev–Trinajstić information content (AvgIpc) is 2.93. The molecular formula is C19H17N5. The molecule has 5 heteroatoms. The molecule has 4 aromatic rings. The van der Waals surface area contributed by atoms with E-state index in [1.807, 2.05) is 37.5 Å². The number of hydrogen-bond acceptors (Lipinski definition) is 4. The van der Waals surface area contributed by atoms with Gasteiger partial charge < -0.3 is 9.88 Å². The van der Waals surface area contributed by atoms with E-state index in [9.17, 15) is 0 Å². The van der Waals surface area contributed by atoms with E-state index in [2.05, 4.69) is 44.1 Å². The van der Waals surface area contributed by atoms with Crippen LogP contribution in [0.2, 0.25) is 0 Å². The molecule has 0 radical (unpaired) electrons. The number of aryl methyl sites for hydroxylation is 1. The summed E-state index contributed by atoms with van der Waals surface area (Å²) in [7, 11) is 2.04. The third-order valence-corrected chi connectivity index (χ3v) is 4.00. The molecule has 3 aromatic heterocycles. The number of benzene rings is 1. The molecule has 1 aromatic carbocycles. The van der Waals surface area contributed by atoms with E-state index in [0.29, 0.717) is 0 Å². The number of nitrogens with one attached hydrogen (secondary N) is 1. The van der Waals surface area contributed by atoms with Crippen LogP contribution in [-0.4, -0.2) is 19.5 Å². The molecule has 3 heterocycles. The van der Waals surface area contributed by atoms with Gasteiger partial charge in [0.05, 0.1) is 23.6 Å². The molecule has 0 unspecified atom stereocenters. The van der Waals surface area contributed by atoms with Crippen LogP contribution in [0.25, 0.3) is 11.0 Å². The van der Waals surface area contributed by atoms with Crippen LogP contribution in [0.5, 0.6) is 0 Å². The fourth-order valence-corrected chi connectivity index (χ4v) is 2.73. The van der Waals surface area contributed by atoms with Gasteiger partial charge in [-0.15, -0.1) is 0 Å². The van der Waals surface area contributed by atoms with Gasteiger partial charge in [-0.25, -0.2) is 9.97 Å². The van der Waals surface area contributed by atoms with Gasteiger partial charge in [0, 0.05) is 25.7 Å². The molecular weight excluding hydrogens is 298 g/mol. The van der Waals surface area contributed by atoms with Crippen LogP contribution >= 0.6 is 0 Å². The quantitative estimate of drug-likeness (QED) is 0.624. The van der Waals surface area contributed by atoms with E-state index in [4.69, 9.17) is 4.98 Å². The molecule has 0 fully saturated rings. The smallest absolute Gasteiger partial charge is 0.132 e. The van der Waals surface area contributed by atoms with Crippen molar-refractivity contribution >= 4 is 22.5 Å². The van der Waals surface area contributed by atoms with E-state index < -0.39 is 0 Å². The van der Waals surface area contributed by atoms with E-state index in [1.54, 1.807) is 12.4 Å². The van der Waals surface area contributed by atoms with Crippen molar-refractivity contribution in [3.8, 4) is 0 Å². The Bertz CT molecular complexity index is 961. The summed E-state index contributed by atoms with van der Waals surface area (Å²) in [6, 6.07) is 16.2. The lowest BCUT2D eigenvalue weighted by Gasteiger charge is -2.05. The first-order chi connectivity index (χ1) is 11.8. The van der Waals surface area contributed by atoms with Gasteiger partial charge in [0.25, 0.3) is 0 Å². The predicted octanol–water partition coefficient (Wildman–Crippen LogP) is 3.70. The molecule has 118 valence electrons. The number of anilines is 2. The first kappa shape index (κ1) is 14.4. The second-order valence-electron chi connectivity index (χ2n) is 5.67. The zero-order valence-electron chi connectivity index (χ0n) is 13.3. The van der Waals surface area contributed by atoms with Crippen molar-refractivity contribution in [2.24, 2.45) is 7.05 Å².